The molecule has 1 aliphatic heterocycles. The number of carboxylic acid groups (broad SMARTS) is 1. The van der Waals surface area contributed by atoms with E-state index >= 15 is 0 Å². The van der Waals surface area contributed by atoms with Gasteiger partial charge in [0.1, 0.15) is 6.54 Å². The molecule has 8 heteroatoms. The van der Waals surface area contributed by atoms with Gasteiger partial charge < -0.3 is 20.6 Å². The van der Waals surface area contributed by atoms with Crippen molar-refractivity contribution in [2.24, 2.45) is 5.73 Å². The molecule has 0 aliphatic carbocycles. The van der Waals surface area contributed by atoms with Crippen LogP contribution < -0.4 is 5.73 Å². The lowest BCUT2D eigenvalue weighted by molar-refractivity contribution is -0.138. The zero-order chi connectivity index (χ0) is 14.4. The SMILES string of the molecule is CN(CC(N)=O)C(=O)N1CCCN(CC(=O)O)CC1. The van der Waals surface area contributed by atoms with E-state index in [9.17, 15) is 14.4 Å². The molecule has 0 atom stereocenters. The third kappa shape index (κ3) is 5.12. The molecule has 3 N–H and O–H groups in total. The molecular formula is C11H20N4O4. The number of amides is 3. The van der Waals surface area contributed by atoms with E-state index in [1.807, 2.05) is 0 Å². The summed E-state index contributed by atoms with van der Waals surface area (Å²) in [4.78, 5) is 38.1. The van der Waals surface area contributed by atoms with Crippen molar-refractivity contribution in [1.82, 2.24) is 14.7 Å². The number of nitrogens with two attached hydrogens (primary N) is 1. The van der Waals surface area contributed by atoms with E-state index in [1.54, 1.807) is 9.80 Å². The number of rotatable bonds is 4. The van der Waals surface area contributed by atoms with Gasteiger partial charge in [0.15, 0.2) is 0 Å². The largest absolute Gasteiger partial charge is 0.480 e. The van der Waals surface area contributed by atoms with Gasteiger partial charge in [0, 0.05) is 33.2 Å². The highest BCUT2D eigenvalue weighted by Gasteiger charge is 2.23. The first kappa shape index (κ1) is 15.2. The molecule has 19 heavy (non-hydrogen) atoms. The molecule has 1 fully saturated rings. The molecule has 1 heterocycles. The molecule has 0 aromatic carbocycles. The van der Waals surface area contributed by atoms with Gasteiger partial charge in [-0.3, -0.25) is 14.5 Å². The van der Waals surface area contributed by atoms with Crippen LogP contribution in [0.1, 0.15) is 6.42 Å². The van der Waals surface area contributed by atoms with E-state index in [0.29, 0.717) is 32.6 Å². The van der Waals surface area contributed by atoms with Crippen molar-refractivity contribution < 1.29 is 19.5 Å². The quantitative estimate of drug-likeness (QED) is 0.655. The summed E-state index contributed by atoms with van der Waals surface area (Å²) in [5, 5.41) is 8.74. The molecule has 0 aromatic heterocycles. The fourth-order valence-corrected chi connectivity index (χ4v) is 2.05. The van der Waals surface area contributed by atoms with Crippen molar-refractivity contribution in [2.45, 2.75) is 6.42 Å². The second-order valence-corrected chi connectivity index (χ2v) is 4.62. The molecule has 108 valence electrons. The summed E-state index contributed by atoms with van der Waals surface area (Å²) >= 11 is 0. The Bertz CT molecular complexity index is 361. The smallest absolute Gasteiger partial charge is 0.320 e. The number of urea groups is 1. The minimum absolute atomic E-state index is 0.0147. The highest BCUT2D eigenvalue weighted by atomic mass is 16.4. The maximum Gasteiger partial charge on any atom is 0.320 e. The maximum absolute atomic E-state index is 12.0. The van der Waals surface area contributed by atoms with E-state index in [-0.39, 0.29) is 19.1 Å². The molecule has 0 bridgehead atoms. The average molecular weight is 272 g/mol. The first-order valence-electron chi connectivity index (χ1n) is 6.12. The number of nitrogens with zero attached hydrogens (tertiary/aromatic N) is 3. The summed E-state index contributed by atoms with van der Waals surface area (Å²) < 4.78 is 0. The molecular weight excluding hydrogens is 252 g/mol. The Hall–Kier alpha value is -1.83. The van der Waals surface area contributed by atoms with Crippen LogP contribution in [0.25, 0.3) is 0 Å². The number of primary amides is 1. The van der Waals surface area contributed by atoms with Crippen LogP contribution in [0.15, 0.2) is 0 Å². The second-order valence-electron chi connectivity index (χ2n) is 4.62. The van der Waals surface area contributed by atoms with Crippen LogP contribution in [-0.2, 0) is 9.59 Å². The van der Waals surface area contributed by atoms with Crippen LogP contribution in [0.2, 0.25) is 0 Å². The molecule has 8 nitrogen and oxygen atoms in total. The number of carbonyl (C=O) groups is 3. The van der Waals surface area contributed by atoms with Crippen molar-refractivity contribution in [2.75, 3.05) is 46.3 Å². The van der Waals surface area contributed by atoms with Gasteiger partial charge in [-0.25, -0.2) is 4.79 Å². The van der Waals surface area contributed by atoms with Crippen LogP contribution >= 0.6 is 0 Å². The van der Waals surface area contributed by atoms with Crippen molar-refractivity contribution in [3.8, 4) is 0 Å². The summed E-state index contributed by atoms with van der Waals surface area (Å²) in [6.07, 6.45) is 0.712. The van der Waals surface area contributed by atoms with Gasteiger partial charge >= 0.3 is 12.0 Å². The predicted molar refractivity (Wildman–Crippen MR) is 67.5 cm³/mol. The molecule has 0 saturated carbocycles. The summed E-state index contributed by atoms with van der Waals surface area (Å²) in [7, 11) is 1.52. The van der Waals surface area contributed by atoms with E-state index in [4.69, 9.17) is 10.8 Å². The lowest BCUT2D eigenvalue weighted by Gasteiger charge is -2.26. The summed E-state index contributed by atoms with van der Waals surface area (Å²) in [5.41, 5.74) is 5.04. The van der Waals surface area contributed by atoms with E-state index < -0.39 is 11.9 Å². The van der Waals surface area contributed by atoms with Gasteiger partial charge in [-0.15, -0.1) is 0 Å². The molecule has 3 amide bonds. The lowest BCUT2D eigenvalue weighted by atomic mass is 10.4. The standard InChI is InChI=1S/C11H20N4O4/c1-13(7-9(12)16)11(19)15-4-2-3-14(5-6-15)8-10(17)18/h2-8H2,1H3,(H2,12,16)(H,17,18). The van der Waals surface area contributed by atoms with Crippen LogP contribution in [-0.4, -0.2) is 84.0 Å². The van der Waals surface area contributed by atoms with Gasteiger partial charge in [0.25, 0.3) is 0 Å². The van der Waals surface area contributed by atoms with Gasteiger partial charge in [-0.1, -0.05) is 0 Å². The number of carboxylic acids is 1. The summed E-state index contributed by atoms with van der Waals surface area (Å²) in [6.45, 7) is 2.04. The highest BCUT2D eigenvalue weighted by molar-refractivity contribution is 5.82. The molecule has 0 unspecified atom stereocenters. The zero-order valence-corrected chi connectivity index (χ0v) is 11.0. The van der Waals surface area contributed by atoms with Crippen LogP contribution in [0.3, 0.4) is 0 Å². The normalized spacial score (nSPS) is 16.8. The zero-order valence-electron chi connectivity index (χ0n) is 11.0. The predicted octanol–water partition coefficient (Wildman–Crippen LogP) is -1.38. The second kappa shape index (κ2) is 6.93. The highest BCUT2D eigenvalue weighted by Crippen LogP contribution is 2.05. The van der Waals surface area contributed by atoms with Crippen LogP contribution in [0, 0.1) is 0 Å². The fraction of sp³-hybridized carbons (Fsp3) is 0.727. The topological polar surface area (TPSA) is 107 Å². The van der Waals surface area contributed by atoms with Crippen molar-refractivity contribution in [3.63, 3.8) is 0 Å². The number of aliphatic carboxylic acids is 1. The van der Waals surface area contributed by atoms with Gasteiger partial charge in [0.2, 0.25) is 5.91 Å². The Labute approximate surface area is 111 Å². The Kier molecular flexibility index (Phi) is 5.56. The molecule has 1 saturated heterocycles. The first-order valence-corrected chi connectivity index (χ1v) is 6.12. The lowest BCUT2D eigenvalue weighted by Crippen LogP contribution is -2.45. The van der Waals surface area contributed by atoms with E-state index in [0.717, 1.165) is 0 Å². The van der Waals surface area contributed by atoms with Crippen LogP contribution in [0.4, 0.5) is 4.79 Å². The molecule has 0 radical (unpaired) electrons. The molecule has 0 spiro atoms. The Morgan fingerprint density at radius 1 is 1.21 bits per heavy atom. The average Bonchev–Trinajstić information content (AvgIpc) is 2.52. The summed E-state index contributed by atoms with van der Waals surface area (Å²) in [6, 6.07) is -0.254. The van der Waals surface area contributed by atoms with Gasteiger partial charge in [-0.05, 0) is 6.42 Å². The maximum atomic E-state index is 12.0. The summed E-state index contributed by atoms with van der Waals surface area (Å²) in [5.74, 6) is -1.43. The van der Waals surface area contributed by atoms with Gasteiger partial charge in [-0.2, -0.15) is 0 Å². The van der Waals surface area contributed by atoms with E-state index in [1.165, 1.54) is 11.9 Å². The van der Waals surface area contributed by atoms with Crippen molar-refractivity contribution in [1.29, 1.82) is 0 Å². The van der Waals surface area contributed by atoms with Gasteiger partial charge in [0.05, 0.1) is 6.54 Å². The molecule has 1 aliphatic rings. The number of hydrogen-bond donors (Lipinski definition) is 2. The third-order valence-electron chi connectivity index (χ3n) is 2.94. The fourth-order valence-electron chi connectivity index (χ4n) is 2.05. The molecule has 1 rings (SSSR count). The number of likely N-dealkylation sites (N-methyl/N-ethyl adjacent to an activating group) is 1. The first-order chi connectivity index (χ1) is 8.90. The number of carbonyl (C=O) groups excluding carboxylic acids is 2. The van der Waals surface area contributed by atoms with Crippen LogP contribution in [0.5, 0.6) is 0 Å². The number of hydrogen-bond acceptors (Lipinski definition) is 4. The Morgan fingerprint density at radius 3 is 2.47 bits per heavy atom. The monoisotopic (exact) mass is 272 g/mol. The third-order valence-corrected chi connectivity index (χ3v) is 2.94. The molecule has 0 aromatic rings. The van der Waals surface area contributed by atoms with E-state index in [2.05, 4.69) is 0 Å². The Morgan fingerprint density at radius 2 is 1.89 bits per heavy atom. The van der Waals surface area contributed by atoms with Crippen molar-refractivity contribution >= 4 is 17.9 Å². The van der Waals surface area contributed by atoms with Crippen molar-refractivity contribution in [3.05, 3.63) is 0 Å². The minimum Gasteiger partial charge on any atom is -0.480 e. The Balaban J connectivity index is 2.49. The minimum atomic E-state index is -0.870.